The van der Waals surface area contributed by atoms with E-state index in [1.165, 1.54) is 6.07 Å². The van der Waals surface area contributed by atoms with Crippen LogP contribution in [-0.2, 0) is 4.79 Å². The number of rotatable bonds is 9. The molecule has 1 aromatic rings. The monoisotopic (exact) mass is 427 g/mol. The second-order valence-electron chi connectivity index (χ2n) is 5.49. The summed E-state index contributed by atoms with van der Waals surface area (Å²) in [6.07, 6.45) is 3.16. The van der Waals surface area contributed by atoms with Crippen LogP contribution in [0.2, 0.25) is 10.0 Å². The van der Waals surface area contributed by atoms with Crippen LogP contribution >= 0.6 is 47.4 Å². The Balaban J connectivity index is 0.00000576. The topological polar surface area (TPSA) is 84.2 Å². The molecule has 0 aromatic heterocycles. The molecule has 9 heteroatoms. The molecular formula is C16H24Cl3N3O2S. The molecule has 0 fully saturated rings. The summed E-state index contributed by atoms with van der Waals surface area (Å²) in [6.45, 7) is 2.35. The molecule has 0 aliphatic rings. The molecule has 142 valence electrons. The van der Waals surface area contributed by atoms with E-state index in [0.717, 1.165) is 5.75 Å². The first kappa shape index (κ1) is 24.3. The van der Waals surface area contributed by atoms with Gasteiger partial charge in [0.1, 0.15) is 6.04 Å². The summed E-state index contributed by atoms with van der Waals surface area (Å²) in [5.41, 5.74) is 5.96. The van der Waals surface area contributed by atoms with E-state index in [0.29, 0.717) is 30.0 Å². The maximum atomic E-state index is 12.4. The lowest BCUT2D eigenvalue weighted by Gasteiger charge is -2.19. The maximum Gasteiger partial charge on any atom is 0.253 e. The fraction of sp³-hybridized carbons (Fsp3) is 0.500. The van der Waals surface area contributed by atoms with Gasteiger partial charge in [-0.2, -0.15) is 11.8 Å². The lowest BCUT2D eigenvalue weighted by Crippen LogP contribution is -2.47. The highest BCUT2D eigenvalue weighted by atomic mass is 35.5. The first-order valence-corrected chi connectivity index (χ1v) is 9.78. The van der Waals surface area contributed by atoms with Crippen molar-refractivity contribution in [2.45, 2.75) is 31.8 Å². The van der Waals surface area contributed by atoms with Crippen LogP contribution in [0.1, 0.15) is 30.1 Å². The minimum Gasteiger partial charge on any atom is -0.354 e. The van der Waals surface area contributed by atoms with Gasteiger partial charge in [-0.25, -0.2) is 0 Å². The summed E-state index contributed by atoms with van der Waals surface area (Å²) in [5.74, 6) is 0.133. The number of amides is 2. The van der Waals surface area contributed by atoms with Crippen LogP contribution in [0.3, 0.4) is 0 Å². The Morgan fingerprint density at radius 3 is 2.52 bits per heavy atom. The minimum absolute atomic E-state index is 0. The van der Waals surface area contributed by atoms with Gasteiger partial charge < -0.3 is 16.4 Å². The molecule has 2 amide bonds. The van der Waals surface area contributed by atoms with Crippen LogP contribution in [0.5, 0.6) is 0 Å². The molecule has 2 atom stereocenters. The molecule has 5 nitrogen and oxygen atoms in total. The summed E-state index contributed by atoms with van der Waals surface area (Å²) in [6, 6.07) is 4.02. The Labute approximate surface area is 169 Å². The van der Waals surface area contributed by atoms with Crippen LogP contribution in [-0.4, -0.2) is 42.5 Å². The van der Waals surface area contributed by atoms with E-state index in [1.54, 1.807) is 23.9 Å². The average Bonchev–Trinajstić information content (AvgIpc) is 2.50. The van der Waals surface area contributed by atoms with E-state index < -0.39 is 11.9 Å². The van der Waals surface area contributed by atoms with Gasteiger partial charge in [-0.15, -0.1) is 12.4 Å². The van der Waals surface area contributed by atoms with Gasteiger partial charge in [0.05, 0.1) is 10.6 Å². The Kier molecular flexibility index (Phi) is 12.3. The molecule has 0 saturated heterocycles. The van der Waals surface area contributed by atoms with E-state index >= 15 is 0 Å². The number of hydrogen-bond acceptors (Lipinski definition) is 4. The van der Waals surface area contributed by atoms with Crippen molar-refractivity contribution in [1.82, 2.24) is 10.6 Å². The van der Waals surface area contributed by atoms with Gasteiger partial charge in [-0.05, 0) is 50.0 Å². The second-order valence-corrected chi connectivity index (χ2v) is 7.32. The van der Waals surface area contributed by atoms with Crippen LogP contribution in [0.25, 0.3) is 0 Å². The predicted octanol–water partition coefficient (Wildman–Crippen LogP) is 3.12. The van der Waals surface area contributed by atoms with Crippen molar-refractivity contribution in [1.29, 1.82) is 0 Å². The van der Waals surface area contributed by atoms with Gasteiger partial charge in [0, 0.05) is 17.6 Å². The third kappa shape index (κ3) is 9.01. The van der Waals surface area contributed by atoms with Crippen LogP contribution in [0, 0.1) is 0 Å². The normalized spacial score (nSPS) is 12.7. The fourth-order valence-electron chi connectivity index (χ4n) is 1.96. The van der Waals surface area contributed by atoms with E-state index in [2.05, 4.69) is 10.6 Å². The Hall–Kier alpha value is -0.660. The quantitative estimate of drug-likeness (QED) is 0.564. The number of carbonyl (C=O) groups is 2. The fourth-order valence-corrected chi connectivity index (χ4v) is 2.93. The van der Waals surface area contributed by atoms with Crippen molar-refractivity contribution in [3.63, 3.8) is 0 Å². The van der Waals surface area contributed by atoms with Gasteiger partial charge in [-0.1, -0.05) is 23.2 Å². The molecule has 4 N–H and O–H groups in total. The van der Waals surface area contributed by atoms with Gasteiger partial charge in [0.25, 0.3) is 5.91 Å². The van der Waals surface area contributed by atoms with E-state index in [4.69, 9.17) is 28.9 Å². The molecule has 2 unspecified atom stereocenters. The van der Waals surface area contributed by atoms with Gasteiger partial charge >= 0.3 is 0 Å². The van der Waals surface area contributed by atoms with Gasteiger partial charge in [0.15, 0.2) is 0 Å². The standard InChI is InChI=1S/C16H23Cl2N3O2S.ClH/c1-10(19)5-7-20-16(23)14(6-8-24-2)21-15(22)12-4-3-11(17)9-13(12)18;/h3-4,9-10,14H,5-8,19H2,1-2H3,(H,20,23)(H,21,22);1H. The summed E-state index contributed by atoms with van der Waals surface area (Å²) < 4.78 is 0. The molecule has 1 rings (SSSR count). The molecule has 0 aliphatic carbocycles. The molecule has 25 heavy (non-hydrogen) atoms. The van der Waals surface area contributed by atoms with Crippen molar-refractivity contribution < 1.29 is 9.59 Å². The highest BCUT2D eigenvalue weighted by Crippen LogP contribution is 2.21. The molecular weight excluding hydrogens is 405 g/mol. The molecule has 0 radical (unpaired) electrons. The average molecular weight is 429 g/mol. The molecule has 0 bridgehead atoms. The molecule has 0 aliphatic heterocycles. The van der Waals surface area contributed by atoms with Crippen molar-refractivity contribution in [3.05, 3.63) is 33.8 Å². The molecule has 0 saturated carbocycles. The number of thioether (sulfide) groups is 1. The third-order valence-corrected chi connectivity index (χ3v) is 4.50. The number of halogens is 3. The first-order chi connectivity index (χ1) is 11.3. The second kappa shape index (κ2) is 12.7. The highest BCUT2D eigenvalue weighted by molar-refractivity contribution is 7.98. The maximum absolute atomic E-state index is 12.4. The van der Waals surface area contributed by atoms with E-state index in [9.17, 15) is 9.59 Å². The third-order valence-electron chi connectivity index (χ3n) is 3.31. The van der Waals surface area contributed by atoms with Crippen molar-refractivity contribution in [2.24, 2.45) is 5.73 Å². The SMILES string of the molecule is CSCCC(NC(=O)c1ccc(Cl)cc1Cl)C(=O)NCCC(C)N.Cl. The van der Waals surface area contributed by atoms with Crippen molar-refractivity contribution in [3.8, 4) is 0 Å². The number of benzene rings is 1. The van der Waals surface area contributed by atoms with Crippen molar-refractivity contribution in [2.75, 3.05) is 18.6 Å². The first-order valence-electron chi connectivity index (χ1n) is 7.63. The van der Waals surface area contributed by atoms with Gasteiger partial charge in [0.2, 0.25) is 5.91 Å². The zero-order valence-electron chi connectivity index (χ0n) is 14.2. The summed E-state index contributed by atoms with van der Waals surface area (Å²) in [5, 5.41) is 6.25. The van der Waals surface area contributed by atoms with Crippen LogP contribution in [0.15, 0.2) is 18.2 Å². The minimum atomic E-state index is -0.621. The largest absolute Gasteiger partial charge is 0.354 e. The van der Waals surface area contributed by atoms with E-state index in [1.807, 2.05) is 13.2 Å². The zero-order valence-corrected chi connectivity index (χ0v) is 17.3. The van der Waals surface area contributed by atoms with E-state index in [-0.39, 0.29) is 29.4 Å². The van der Waals surface area contributed by atoms with Crippen LogP contribution < -0.4 is 16.4 Å². The summed E-state index contributed by atoms with van der Waals surface area (Å²) in [4.78, 5) is 24.7. The zero-order chi connectivity index (χ0) is 18.1. The Bertz CT molecular complexity index is 574. The Morgan fingerprint density at radius 2 is 1.96 bits per heavy atom. The molecule has 0 heterocycles. The molecule has 0 spiro atoms. The lowest BCUT2D eigenvalue weighted by atomic mass is 10.1. The predicted molar refractivity (Wildman–Crippen MR) is 109 cm³/mol. The number of nitrogens with two attached hydrogens (primary N) is 1. The number of nitrogens with one attached hydrogen (secondary N) is 2. The molecule has 1 aromatic carbocycles. The smallest absolute Gasteiger partial charge is 0.253 e. The van der Waals surface area contributed by atoms with Crippen LogP contribution in [0.4, 0.5) is 0 Å². The number of hydrogen-bond donors (Lipinski definition) is 3. The Morgan fingerprint density at radius 1 is 1.28 bits per heavy atom. The van der Waals surface area contributed by atoms with Crippen molar-refractivity contribution >= 4 is 59.2 Å². The van der Waals surface area contributed by atoms with Gasteiger partial charge in [-0.3, -0.25) is 9.59 Å². The summed E-state index contributed by atoms with van der Waals surface area (Å²) in [7, 11) is 0. The lowest BCUT2D eigenvalue weighted by molar-refractivity contribution is -0.123. The highest BCUT2D eigenvalue weighted by Gasteiger charge is 2.22. The number of carbonyl (C=O) groups excluding carboxylic acids is 2. The summed E-state index contributed by atoms with van der Waals surface area (Å²) >= 11 is 13.5.